The number of β-amino-alcohol motifs (C(OH)–C–C–N with tert-alkyl or cyclic N) is 1. The van der Waals surface area contributed by atoms with Gasteiger partial charge in [0.1, 0.15) is 0 Å². The van der Waals surface area contributed by atoms with Crippen LogP contribution in [0.3, 0.4) is 0 Å². The van der Waals surface area contributed by atoms with Crippen molar-refractivity contribution < 1.29 is 13.5 Å². The van der Waals surface area contributed by atoms with Gasteiger partial charge in [-0.1, -0.05) is 0 Å². The summed E-state index contributed by atoms with van der Waals surface area (Å²) in [6, 6.07) is 6.91. The summed E-state index contributed by atoms with van der Waals surface area (Å²) in [5, 5.41) is 9.83. The number of benzene rings is 1. The molecule has 1 aromatic carbocycles. The third-order valence-corrected chi connectivity index (χ3v) is 6.03. The van der Waals surface area contributed by atoms with Gasteiger partial charge < -0.3 is 5.11 Å². The number of rotatable bonds is 4. The van der Waals surface area contributed by atoms with E-state index in [4.69, 9.17) is 0 Å². The van der Waals surface area contributed by atoms with Crippen molar-refractivity contribution in [2.45, 2.75) is 24.3 Å². The highest BCUT2D eigenvalue weighted by Gasteiger charge is 2.30. The minimum atomic E-state index is -3.41. The third-order valence-electron chi connectivity index (χ3n) is 3.39. The fourth-order valence-electron chi connectivity index (χ4n) is 2.43. The van der Waals surface area contributed by atoms with Crippen LogP contribution in [-0.4, -0.2) is 61.1 Å². The number of aliphatic hydroxyl groups is 1. The monoisotopic (exact) mass is 424 g/mol. The molecule has 0 spiro atoms. The van der Waals surface area contributed by atoms with Gasteiger partial charge in [0.05, 0.1) is 10.5 Å². The molecule has 0 aliphatic carbocycles. The van der Waals surface area contributed by atoms with Crippen LogP contribution in [0.2, 0.25) is 0 Å². The van der Waals surface area contributed by atoms with Gasteiger partial charge in [0.2, 0.25) is 10.0 Å². The molecule has 0 atom stereocenters. The molecule has 0 saturated carbocycles. The second-order valence-corrected chi connectivity index (χ2v) is 9.13. The first-order chi connectivity index (χ1) is 9.68. The molecule has 118 valence electrons. The molecule has 0 bridgehead atoms. The topological polar surface area (TPSA) is 60.9 Å². The van der Waals surface area contributed by atoms with E-state index in [0.29, 0.717) is 37.6 Å². The van der Waals surface area contributed by atoms with E-state index in [1.54, 1.807) is 38.1 Å². The second kappa shape index (κ2) is 6.49. The van der Waals surface area contributed by atoms with Crippen LogP contribution >= 0.6 is 22.6 Å². The van der Waals surface area contributed by atoms with Gasteiger partial charge >= 0.3 is 0 Å². The Hall–Kier alpha value is -0.220. The van der Waals surface area contributed by atoms with Crippen LogP contribution in [0.25, 0.3) is 0 Å². The fraction of sp³-hybridized carbons (Fsp3) is 0.571. The Labute approximate surface area is 140 Å². The predicted molar refractivity (Wildman–Crippen MR) is 90.7 cm³/mol. The molecule has 0 aromatic heterocycles. The Morgan fingerprint density at radius 1 is 1.14 bits per heavy atom. The highest BCUT2D eigenvalue weighted by atomic mass is 127. The molecule has 1 aliphatic heterocycles. The minimum Gasteiger partial charge on any atom is -0.389 e. The van der Waals surface area contributed by atoms with Gasteiger partial charge in [-0.15, -0.1) is 0 Å². The van der Waals surface area contributed by atoms with Crippen molar-refractivity contribution in [2.75, 3.05) is 32.7 Å². The summed E-state index contributed by atoms with van der Waals surface area (Å²) >= 11 is 2.16. The molecule has 0 unspecified atom stereocenters. The average Bonchev–Trinajstić information content (AvgIpc) is 2.38. The van der Waals surface area contributed by atoms with Gasteiger partial charge in [-0.2, -0.15) is 4.31 Å². The highest BCUT2D eigenvalue weighted by Crippen LogP contribution is 2.19. The third kappa shape index (κ3) is 4.62. The van der Waals surface area contributed by atoms with Gasteiger partial charge in [0.25, 0.3) is 0 Å². The number of halogens is 1. The molecule has 1 heterocycles. The zero-order chi connectivity index (χ0) is 15.7. The molecule has 0 radical (unpaired) electrons. The summed E-state index contributed by atoms with van der Waals surface area (Å²) < 4.78 is 27.6. The lowest BCUT2D eigenvalue weighted by Gasteiger charge is -2.36. The number of sulfonamides is 1. The zero-order valence-corrected chi connectivity index (χ0v) is 15.3. The van der Waals surface area contributed by atoms with Crippen molar-refractivity contribution in [1.29, 1.82) is 0 Å². The molecule has 7 heteroatoms. The van der Waals surface area contributed by atoms with Crippen molar-refractivity contribution >= 4 is 32.6 Å². The van der Waals surface area contributed by atoms with Crippen molar-refractivity contribution in [3.05, 3.63) is 27.8 Å². The molecule has 1 fully saturated rings. The van der Waals surface area contributed by atoms with Crippen LogP contribution in [0.5, 0.6) is 0 Å². The Balaban J connectivity index is 2.03. The van der Waals surface area contributed by atoms with Crippen LogP contribution in [0, 0.1) is 3.57 Å². The summed E-state index contributed by atoms with van der Waals surface area (Å²) in [6.45, 7) is 6.31. The Morgan fingerprint density at radius 2 is 1.67 bits per heavy atom. The maximum absolute atomic E-state index is 12.5. The number of nitrogens with zero attached hydrogens (tertiary/aromatic N) is 2. The van der Waals surface area contributed by atoms with Gasteiger partial charge in [0.15, 0.2) is 0 Å². The zero-order valence-electron chi connectivity index (χ0n) is 12.3. The maximum Gasteiger partial charge on any atom is 0.243 e. The summed E-state index contributed by atoms with van der Waals surface area (Å²) in [4.78, 5) is 2.44. The highest BCUT2D eigenvalue weighted by molar-refractivity contribution is 14.1. The van der Waals surface area contributed by atoms with E-state index >= 15 is 0 Å². The van der Waals surface area contributed by atoms with Gasteiger partial charge in [-0.3, -0.25) is 4.90 Å². The van der Waals surface area contributed by atoms with Gasteiger partial charge in [-0.05, 0) is 60.7 Å². The lowest BCUT2D eigenvalue weighted by Crippen LogP contribution is -2.51. The lowest BCUT2D eigenvalue weighted by atomic mass is 10.1. The van der Waals surface area contributed by atoms with E-state index in [1.807, 2.05) is 0 Å². The largest absolute Gasteiger partial charge is 0.389 e. The minimum absolute atomic E-state index is 0.346. The Bertz CT molecular complexity index is 573. The van der Waals surface area contributed by atoms with Crippen molar-refractivity contribution in [1.82, 2.24) is 9.21 Å². The normalized spacial score (nSPS) is 18.9. The van der Waals surface area contributed by atoms with E-state index in [0.717, 1.165) is 3.57 Å². The van der Waals surface area contributed by atoms with Crippen LogP contribution in [0.1, 0.15) is 13.8 Å². The molecule has 0 amide bonds. The molecule has 21 heavy (non-hydrogen) atoms. The molecular formula is C14H21IN2O3S. The van der Waals surface area contributed by atoms with E-state index in [9.17, 15) is 13.5 Å². The smallest absolute Gasteiger partial charge is 0.243 e. The van der Waals surface area contributed by atoms with E-state index in [1.165, 1.54) is 4.31 Å². The average molecular weight is 424 g/mol. The molecule has 1 saturated heterocycles. The molecule has 1 aromatic rings. The number of hydrogen-bond acceptors (Lipinski definition) is 4. The predicted octanol–water partition coefficient (Wildman–Crippen LogP) is 1.37. The van der Waals surface area contributed by atoms with E-state index in [2.05, 4.69) is 27.5 Å². The van der Waals surface area contributed by atoms with Crippen molar-refractivity contribution in [2.24, 2.45) is 0 Å². The quantitative estimate of drug-likeness (QED) is 0.742. The number of hydrogen-bond donors (Lipinski definition) is 1. The SMILES string of the molecule is CC(C)(O)CN1CCN(S(=O)(=O)c2ccc(I)cc2)CC1. The molecule has 5 nitrogen and oxygen atoms in total. The first-order valence-electron chi connectivity index (χ1n) is 6.89. The second-order valence-electron chi connectivity index (χ2n) is 5.95. The first-order valence-corrected chi connectivity index (χ1v) is 9.41. The van der Waals surface area contributed by atoms with Crippen molar-refractivity contribution in [3.8, 4) is 0 Å². The summed E-state index contributed by atoms with van der Waals surface area (Å²) in [6.07, 6.45) is 0. The van der Waals surface area contributed by atoms with Crippen LogP contribution in [0.4, 0.5) is 0 Å². The molecule has 1 aliphatic rings. The fourth-order valence-corrected chi connectivity index (χ4v) is 4.21. The summed E-state index contributed by atoms with van der Waals surface area (Å²) in [7, 11) is -3.41. The number of piperazine rings is 1. The lowest BCUT2D eigenvalue weighted by molar-refractivity contribution is 0.0263. The standard InChI is InChI=1S/C14H21IN2O3S/c1-14(2,18)11-16-7-9-17(10-8-16)21(19,20)13-5-3-12(15)4-6-13/h3-6,18H,7-11H2,1-2H3. The van der Waals surface area contributed by atoms with E-state index < -0.39 is 15.6 Å². The summed E-state index contributed by atoms with van der Waals surface area (Å²) in [5.41, 5.74) is -0.753. The molecule has 2 rings (SSSR count). The van der Waals surface area contributed by atoms with Gasteiger partial charge in [-0.25, -0.2) is 8.42 Å². The Kier molecular flexibility index (Phi) is 5.30. The maximum atomic E-state index is 12.5. The van der Waals surface area contributed by atoms with E-state index in [-0.39, 0.29) is 0 Å². The van der Waals surface area contributed by atoms with Crippen LogP contribution in [-0.2, 0) is 10.0 Å². The summed E-state index contributed by atoms with van der Waals surface area (Å²) in [5.74, 6) is 0. The van der Waals surface area contributed by atoms with Crippen LogP contribution in [0.15, 0.2) is 29.2 Å². The first kappa shape index (κ1) is 17.1. The molecule has 1 N–H and O–H groups in total. The van der Waals surface area contributed by atoms with Crippen LogP contribution < -0.4 is 0 Å². The van der Waals surface area contributed by atoms with Crippen molar-refractivity contribution in [3.63, 3.8) is 0 Å². The molecular weight excluding hydrogens is 403 g/mol. The Morgan fingerprint density at radius 3 is 2.14 bits per heavy atom. The van der Waals surface area contributed by atoms with Gasteiger partial charge in [0, 0.05) is 36.3 Å².